The first-order valence-electron chi connectivity index (χ1n) is 8.90. The minimum absolute atomic E-state index is 0.149. The molecule has 3 atom stereocenters. The maximum absolute atomic E-state index is 13.7. The van der Waals surface area contributed by atoms with Crippen molar-refractivity contribution >= 4 is 12.0 Å². The van der Waals surface area contributed by atoms with Crippen molar-refractivity contribution in [3.8, 4) is 0 Å². The van der Waals surface area contributed by atoms with E-state index in [0.29, 0.717) is 23.1 Å². The third-order valence-corrected chi connectivity index (χ3v) is 4.75. The molecule has 0 aromatic heterocycles. The Morgan fingerprint density at radius 2 is 1.73 bits per heavy atom. The molecule has 1 fully saturated rings. The first-order valence-corrected chi connectivity index (χ1v) is 8.90. The Bertz CT molecular complexity index is 916. The van der Waals surface area contributed by atoms with Crippen LogP contribution in [0.15, 0.2) is 48.5 Å². The second-order valence-electron chi connectivity index (χ2n) is 6.88. The molecule has 2 aromatic rings. The van der Waals surface area contributed by atoms with Gasteiger partial charge in [0.15, 0.2) is 0 Å². The van der Waals surface area contributed by atoms with Gasteiger partial charge < -0.3 is 10.5 Å². The lowest BCUT2D eigenvalue weighted by Crippen LogP contribution is -2.53. The number of hydrogen-bond acceptors (Lipinski definition) is 4. The third-order valence-electron chi connectivity index (χ3n) is 4.75. The molecule has 0 saturated carbocycles. The number of halogens is 5. The van der Waals surface area contributed by atoms with Crippen LogP contribution in [0.4, 0.5) is 26.7 Å². The van der Waals surface area contributed by atoms with E-state index in [1.165, 1.54) is 0 Å². The SMILES string of the molecule is NC(C(=O)N1C(=O)OCC1Cc1ccccc1)C(c1cc(F)cc(F)c1)C(F)(F)F. The number of carbonyl (C=O) groups is 2. The second-order valence-corrected chi connectivity index (χ2v) is 6.88. The highest BCUT2D eigenvalue weighted by Gasteiger charge is 2.51. The summed E-state index contributed by atoms with van der Waals surface area (Å²) in [6, 6.07) is 6.79. The van der Waals surface area contributed by atoms with E-state index in [0.717, 1.165) is 5.56 Å². The normalized spacial score (nSPS) is 18.8. The Morgan fingerprint density at radius 1 is 1.13 bits per heavy atom. The number of rotatable bonds is 5. The number of alkyl halides is 3. The zero-order valence-electron chi connectivity index (χ0n) is 15.4. The zero-order valence-corrected chi connectivity index (χ0v) is 15.4. The molecule has 0 aliphatic carbocycles. The summed E-state index contributed by atoms with van der Waals surface area (Å²) in [5.41, 5.74) is 5.49. The molecule has 30 heavy (non-hydrogen) atoms. The number of cyclic esters (lactones) is 1. The third kappa shape index (κ3) is 4.59. The van der Waals surface area contributed by atoms with Gasteiger partial charge in [-0.1, -0.05) is 30.3 Å². The van der Waals surface area contributed by atoms with Gasteiger partial charge in [0.1, 0.15) is 30.2 Å². The molecule has 1 heterocycles. The smallest absolute Gasteiger partial charge is 0.417 e. The summed E-state index contributed by atoms with van der Waals surface area (Å²) in [5.74, 6) is -6.56. The quantitative estimate of drug-likeness (QED) is 0.740. The van der Waals surface area contributed by atoms with Gasteiger partial charge in [0.2, 0.25) is 5.91 Å². The highest BCUT2D eigenvalue weighted by Crippen LogP contribution is 2.38. The highest BCUT2D eigenvalue weighted by atomic mass is 19.4. The Balaban J connectivity index is 1.90. The van der Waals surface area contributed by atoms with Crippen LogP contribution in [0.2, 0.25) is 0 Å². The van der Waals surface area contributed by atoms with Crippen LogP contribution >= 0.6 is 0 Å². The molecule has 160 valence electrons. The van der Waals surface area contributed by atoms with E-state index < -0.39 is 53.4 Å². The molecule has 2 aromatic carbocycles. The maximum Gasteiger partial charge on any atom is 0.417 e. The number of ether oxygens (including phenoxy) is 1. The predicted octanol–water partition coefficient (Wildman–Crippen LogP) is 3.53. The maximum atomic E-state index is 13.7. The van der Waals surface area contributed by atoms with E-state index in [1.54, 1.807) is 30.3 Å². The van der Waals surface area contributed by atoms with Crippen LogP contribution < -0.4 is 5.73 Å². The highest BCUT2D eigenvalue weighted by molar-refractivity contribution is 5.97. The van der Waals surface area contributed by atoms with Crippen molar-refractivity contribution in [3.05, 3.63) is 71.3 Å². The van der Waals surface area contributed by atoms with E-state index in [2.05, 4.69) is 0 Å². The van der Waals surface area contributed by atoms with E-state index in [-0.39, 0.29) is 13.0 Å². The summed E-state index contributed by atoms with van der Waals surface area (Å²) in [4.78, 5) is 25.4. The lowest BCUT2D eigenvalue weighted by Gasteiger charge is -2.29. The van der Waals surface area contributed by atoms with Gasteiger partial charge >= 0.3 is 12.3 Å². The summed E-state index contributed by atoms with van der Waals surface area (Å²) in [6.45, 7) is -0.211. The fourth-order valence-corrected chi connectivity index (χ4v) is 3.42. The van der Waals surface area contributed by atoms with Crippen LogP contribution in [-0.4, -0.2) is 41.8 Å². The summed E-state index contributed by atoms with van der Waals surface area (Å²) >= 11 is 0. The number of benzene rings is 2. The van der Waals surface area contributed by atoms with Crippen LogP contribution in [0, 0.1) is 11.6 Å². The number of amides is 2. The molecule has 0 spiro atoms. The van der Waals surface area contributed by atoms with Crippen LogP contribution in [0.25, 0.3) is 0 Å². The predicted molar refractivity (Wildman–Crippen MR) is 95.3 cm³/mol. The van der Waals surface area contributed by atoms with Crippen molar-refractivity contribution in [2.24, 2.45) is 5.73 Å². The summed E-state index contributed by atoms with van der Waals surface area (Å²) in [7, 11) is 0. The molecule has 2 N–H and O–H groups in total. The van der Waals surface area contributed by atoms with Crippen molar-refractivity contribution in [1.29, 1.82) is 0 Å². The second kappa shape index (κ2) is 8.39. The standard InChI is InChI=1S/C20H17F5N2O3/c21-13-7-12(8-14(22)9-13)16(20(23,24)25)17(26)18(28)27-15(10-30-19(27)29)6-11-4-2-1-3-5-11/h1-5,7-9,15-17H,6,10,26H2. The first kappa shape index (κ1) is 21.7. The summed E-state index contributed by atoms with van der Waals surface area (Å²) < 4.78 is 72.9. The molecule has 2 amide bonds. The molecule has 0 bridgehead atoms. The number of hydrogen-bond donors (Lipinski definition) is 1. The zero-order chi connectivity index (χ0) is 22.1. The minimum atomic E-state index is -5.10. The Hall–Kier alpha value is -3.01. The number of nitrogens with two attached hydrogens (primary N) is 1. The molecule has 3 unspecified atom stereocenters. The molecule has 10 heteroatoms. The van der Waals surface area contributed by atoms with Gasteiger partial charge in [-0.3, -0.25) is 4.79 Å². The Morgan fingerprint density at radius 3 is 2.30 bits per heavy atom. The monoisotopic (exact) mass is 428 g/mol. The molecule has 1 saturated heterocycles. The van der Waals surface area contributed by atoms with Gasteiger partial charge in [-0.15, -0.1) is 0 Å². The van der Waals surface area contributed by atoms with Crippen LogP contribution in [0.3, 0.4) is 0 Å². The van der Waals surface area contributed by atoms with E-state index >= 15 is 0 Å². The lowest BCUT2D eigenvalue weighted by atomic mass is 9.89. The van der Waals surface area contributed by atoms with Crippen molar-refractivity contribution in [1.82, 2.24) is 4.90 Å². The van der Waals surface area contributed by atoms with Crippen LogP contribution in [0.1, 0.15) is 17.0 Å². The molecule has 1 aliphatic heterocycles. The van der Waals surface area contributed by atoms with Gasteiger partial charge in [0, 0.05) is 6.07 Å². The van der Waals surface area contributed by atoms with Crippen molar-refractivity contribution < 1.29 is 36.3 Å². The van der Waals surface area contributed by atoms with Gasteiger partial charge in [-0.2, -0.15) is 13.2 Å². The largest absolute Gasteiger partial charge is 0.447 e. The van der Waals surface area contributed by atoms with E-state index in [1.807, 2.05) is 0 Å². The van der Waals surface area contributed by atoms with Gasteiger partial charge in [0.05, 0.1) is 6.04 Å². The number of carbonyl (C=O) groups excluding carboxylic acids is 2. The van der Waals surface area contributed by atoms with Gasteiger partial charge in [-0.25, -0.2) is 18.5 Å². The Labute approximate surface area is 168 Å². The van der Waals surface area contributed by atoms with Crippen molar-refractivity contribution in [3.63, 3.8) is 0 Å². The molecule has 3 rings (SSSR count). The minimum Gasteiger partial charge on any atom is -0.447 e. The van der Waals surface area contributed by atoms with Gasteiger partial charge in [0.25, 0.3) is 0 Å². The molecule has 0 radical (unpaired) electrons. The summed E-state index contributed by atoms with van der Waals surface area (Å²) in [6.07, 6.45) is -6.08. The Kier molecular flexibility index (Phi) is 6.06. The van der Waals surface area contributed by atoms with Crippen molar-refractivity contribution in [2.45, 2.75) is 30.6 Å². The molecule has 1 aliphatic rings. The lowest BCUT2D eigenvalue weighted by molar-refractivity contribution is -0.163. The molecular formula is C20H17F5N2O3. The topological polar surface area (TPSA) is 72.6 Å². The fourth-order valence-electron chi connectivity index (χ4n) is 3.42. The summed E-state index contributed by atoms with van der Waals surface area (Å²) in [5, 5.41) is 0. The average Bonchev–Trinajstić information content (AvgIpc) is 3.00. The van der Waals surface area contributed by atoms with Gasteiger partial charge in [-0.05, 0) is 29.7 Å². The number of nitrogens with zero attached hydrogens (tertiary/aromatic N) is 1. The average molecular weight is 428 g/mol. The van der Waals surface area contributed by atoms with E-state index in [9.17, 15) is 31.5 Å². The van der Waals surface area contributed by atoms with Crippen LogP contribution in [0.5, 0.6) is 0 Å². The fraction of sp³-hybridized carbons (Fsp3) is 0.300. The molecular weight excluding hydrogens is 411 g/mol. The molecule has 5 nitrogen and oxygen atoms in total. The van der Waals surface area contributed by atoms with Crippen LogP contribution in [-0.2, 0) is 16.0 Å². The van der Waals surface area contributed by atoms with E-state index in [4.69, 9.17) is 10.5 Å². The number of imide groups is 1. The van der Waals surface area contributed by atoms with Crippen molar-refractivity contribution in [2.75, 3.05) is 6.61 Å². The first-order chi connectivity index (χ1) is 14.1.